The number of hydrogen-bond acceptors (Lipinski definition) is 2. The van der Waals surface area contributed by atoms with Crippen LogP contribution >= 0.6 is 0 Å². The first kappa shape index (κ1) is 15.4. The molecule has 0 saturated heterocycles. The standard InChI is InChI=1S/C17H19F2NO/c1-12(2)20-10-13-7-8-17(16(19)9-13)21-11-14-5-3-4-6-15(14)18/h3-9,12,20H,10-11H2,1-2H3. The largest absolute Gasteiger partial charge is 0.486 e. The first-order valence-electron chi connectivity index (χ1n) is 6.94. The van der Waals surface area contributed by atoms with Gasteiger partial charge >= 0.3 is 0 Å². The van der Waals surface area contributed by atoms with Gasteiger partial charge in [-0.3, -0.25) is 0 Å². The molecular formula is C17H19F2NO. The minimum atomic E-state index is -0.436. The molecule has 0 aliphatic heterocycles. The average Bonchev–Trinajstić information content (AvgIpc) is 2.45. The zero-order chi connectivity index (χ0) is 15.2. The number of nitrogens with one attached hydrogen (secondary N) is 1. The van der Waals surface area contributed by atoms with Gasteiger partial charge in [-0.2, -0.15) is 0 Å². The predicted molar refractivity (Wildman–Crippen MR) is 79.1 cm³/mol. The van der Waals surface area contributed by atoms with E-state index in [1.165, 1.54) is 12.1 Å². The SMILES string of the molecule is CC(C)NCc1ccc(OCc2ccccc2F)c(F)c1. The summed E-state index contributed by atoms with van der Waals surface area (Å²) in [6.45, 7) is 4.67. The van der Waals surface area contributed by atoms with Gasteiger partial charge in [-0.1, -0.05) is 38.1 Å². The summed E-state index contributed by atoms with van der Waals surface area (Å²) in [5, 5.41) is 3.22. The fraction of sp³-hybridized carbons (Fsp3) is 0.294. The second kappa shape index (κ2) is 7.18. The molecule has 0 unspecified atom stereocenters. The van der Waals surface area contributed by atoms with Gasteiger partial charge in [0, 0.05) is 18.2 Å². The van der Waals surface area contributed by atoms with Gasteiger partial charge in [0.15, 0.2) is 11.6 Å². The van der Waals surface area contributed by atoms with E-state index in [1.807, 2.05) is 13.8 Å². The first-order valence-corrected chi connectivity index (χ1v) is 6.94. The highest BCUT2D eigenvalue weighted by molar-refractivity contribution is 5.30. The van der Waals surface area contributed by atoms with Crippen molar-refractivity contribution in [3.8, 4) is 5.75 Å². The molecule has 21 heavy (non-hydrogen) atoms. The lowest BCUT2D eigenvalue weighted by Crippen LogP contribution is -2.21. The zero-order valence-corrected chi connectivity index (χ0v) is 12.2. The third-order valence-electron chi connectivity index (χ3n) is 3.05. The second-order valence-corrected chi connectivity index (χ2v) is 5.18. The second-order valence-electron chi connectivity index (χ2n) is 5.18. The fourth-order valence-electron chi connectivity index (χ4n) is 1.86. The molecule has 0 aliphatic carbocycles. The maximum Gasteiger partial charge on any atom is 0.165 e. The molecule has 2 aromatic rings. The van der Waals surface area contributed by atoms with Crippen molar-refractivity contribution in [3.63, 3.8) is 0 Å². The molecule has 2 aromatic carbocycles. The van der Waals surface area contributed by atoms with E-state index in [0.717, 1.165) is 5.56 Å². The van der Waals surface area contributed by atoms with Crippen LogP contribution in [0.15, 0.2) is 42.5 Å². The summed E-state index contributed by atoms with van der Waals surface area (Å²) in [6, 6.07) is 11.5. The van der Waals surface area contributed by atoms with E-state index in [4.69, 9.17) is 4.74 Å². The molecule has 0 saturated carbocycles. The highest BCUT2D eigenvalue weighted by Crippen LogP contribution is 2.20. The Bertz CT molecular complexity index is 599. The van der Waals surface area contributed by atoms with Crippen molar-refractivity contribution >= 4 is 0 Å². The Hall–Kier alpha value is -1.94. The summed E-state index contributed by atoms with van der Waals surface area (Å²) in [6.07, 6.45) is 0. The topological polar surface area (TPSA) is 21.3 Å². The molecule has 0 spiro atoms. The van der Waals surface area contributed by atoms with Crippen LogP contribution < -0.4 is 10.1 Å². The molecule has 4 heteroatoms. The van der Waals surface area contributed by atoms with Crippen LogP contribution in [-0.2, 0) is 13.2 Å². The molecule has 0 aromatic heterocycles. The number of ether oxygens (including phenoxy) is 1. The van der Waals surface area contributed by atoms with Crippen LogP contribution in [-0.4, -0.2) is 6.04 Å². The van der Waals surface area contributed by atoms with E-state index < -0.39 is 5.82 Å². The van der Waals surface area contributed by atoms with Crippen molar-refractivity contribution < 1.29 is 13.5 Å². The van der Waals surface area contributed by atoms with Crippen LogP contribution in [0.1, 0.15) is 25.0 Å². The minimum Gasteiger partial charge on any atom is -0.486 e. The Balaban J connectivity index is 1.99. The number of rotatable bonds is 6. The average molecular weight is 291 g/mol. The summed E-state index contributed by atoms with van der Waals surface area (Å²) in [5.74, 6) is -0.656. The fourth-order valence-corrected chi connectivity index (χ4v) is 1.86. The summed E-state index contributed by atoms with van der Waals surface area (Å²) >= 11 is 0. The number of halogens is 2. The monoisotopic (exact) mass is 291 g/mol. The first-order chi connectivity index (χ1) is 10.1. The van der Waals surface area contributed by atoms with Crippen molar-refractivity contribution in [3.05, 3.63) is 65.2 Å². The van der Waals surface area contributed by atoms with Crippen LogP contribution in [0.4, 0.5) is 8.78 Å². The maximum atomic E-state index is 13.9. The Labute approximate surface area is 123 Å². The van der Waals surface area contributed by atoms with Gasteiger partial charge in [0.2, 0.25) is 0 Å². The van der Waals surface area contributed by atoms with Crippen LogP contribution in [0.25, 0.3) is 0 Å². The van der Waals surface area contributed by atoms with Crippen LogP contribution in [0.2, 0.25) is 0 Å². The predicted octanol–water partition coefficient (Wildman–Crippen LogP) is 4.04. The number of benzene rings is 2. The summed E-state index contributed by atoms with van der Waals surface area (Å²) in [7, 11) is 0. The molecular weight excluding hydrogens is 272 g/mol. The highest BCUT2D eigenvalue weighted by atomic mass is 19.1. The Morgan fingerprint density at radius 3 is 2.48 bits per heavy atom. The van der Waals surface area contributed by atoms with Gasteiger partial charge in [-0.05, 0) is 23.8 Å². The van der Waals surface area contributed by atoms with Crippen molar-refractivity contribution in [2.24, 2.45) is 0 Å². The molecule has 0 amide bonds. The molecule has 0 heterocycles. The lowest BCUT2D eigenvalue weighted by molar-refractivity contribution is 0.284. The number of hydrogen-bond donors (Lipinski definition) is 1. The molecule has 0 fully saturated rings. The normalized spacial score (nSPS) is 10.9. The Morgan fingerprint density at radius 2 is 1.81 bits per heavy atom. The molecule has 0 radical (unpaired) electrons. The molecule has 0 bridgehead atoms. The van der Waals surface area contributed by atoms with Crippen molar-refractivity contribution in [2.45, 2.75) is 33.0 Å². The van der Waals surface area contributed by atoms with E-state index in [2.05, 4.69) is 5.32 Å². The third-order valence-corrected chi connectivity index (χ3v) is 3.05. The van der Waals surface area contributed by atoms with E-state index in [1.54, 1.807) is 30.3 Å². The Morgan fingerprint density at radius 1 is 1.05 bits per heavy atom. The van der Waals surface area contributed by atoms with Crippen molar-refractivity contribution in [2.75, 3.05) is 0 Å². The van der Waals surface area contributed by atoms with Gasteiger partial charge < -0.3 is 10.1 Å². The summed E-state index contributed by atoms with van der Waals surface area (Å²) in [5.41, 5.74) is 1.25. The molecule has 2 rings (SSSR count). The smallest absolute Gasteiger partial charge is 0.165 e. The third kappa shape index (κ3) is 4.53. The van der Waals surface area contributed by atoms with Gasteiger partial charge in [-0.15, -0.1) is 0 Å². The van der Waals surface area contributed by atoms with E-state index >= 15 is 0 Å². The van der Waals surface area contributed by atoms with Crippen molar-refractivity contribution in [1.29, 1.82) is 0 Å². The van der Waals surface area contributed by atoms with Gasteiger partial charge in [0.05, 0.1) is 0 Å². The lowest BCUT2D eigenvalue weighted by atomic mass is 10.2. The van der Waals surface area contributed by atoms with Crippen LogP contribution in [0.3, 0.4) is 0 Å². The van der Waals surface area contributed by atoms with Crippen molar-refractivity contribution in [1.82, 2.24) is 5.32 Å². The summed E-state index contributed by atoms with van der Waals surface area (Å²) < 4.78 is 32.7. The summed E-state index contributed by atoms with van der Waals surface area (Å²) in [4.78, 5) is 0. The Kier molecular flexibility index (Phi) is 5.28. The van der Waals surface area contributed by atoms with E-state index in [9.17, 15) is 8.78 Å². The van der Waals surface area contributed by atoms with E-state index in [-0.39, 0.29) is 18.2 Å². The molecule has 1 N–H and O–H groups in total. The molecule has 2 nitrogen and oxygen atoms in total. The highest BCUT2D eigenvalue weighted by Gasteiger charge is 2.07. The lowest BCUT2D eigenvalue weighted by Gasteiger charge is -2.11. The molecule has 0 aliphatic rings. The van der Waals surface area contributed by atoms with E-state index in [0.29, 0.717) is 18.2 Å². The van der Waals surface area contributed by atoms with Gasteiger partial charge in [0.1, 0.15) is 12.4 Å². The minimum absolute atomic E-state index is 0.00713. The quantitative estimate of drug-likeness (QED) is 0.867. The van der Waals surface area contributed by atoms with Crippen LogP contribution in [0, 0.1) is 11.6 Å². The van der Waals surface area contributed by atoms with Gasteiger partial charge in [-0.25, -0.2) is 8.78 Å². The molecule has 112 valence electrons. The van der Waals surface area contributed by atoms with Gasteiger partial charge in [0.25, 0.3) is 0 Å². The zero-order valence-electron chi connectivity index (χ0n) is 12.2. The van der Waals surface area contributed by atoms with Crippen LogP contribution in [0.5, 0.6) is 5.75 Å². The maximum absolute atomic E-state index is 13.9. The molecule has 0 atom stereocenters.